The molecule has 0 heterocycles. The number of hydrogen-bond acceptors (Lipinski definition) is 1. The van der Waals surface area contributed by atoms with Gasteiger partial charge in [-0.15, -0.1) is 0 Å². The number of halogens is 1. The van der Waals surface area contributed by atoms with Gasteiger partial charge in [-0.2, -0.15) is 5.26 Å². The lowest BCUT2D eigenvalue weighted by Crippen LogP contribution is -2.25. The summed E-state index contributed by atoms with van der Waals surface area (Å²) in [6.07, 6.45) is 12.6. The molecule has 1 nitrogen and oxygen atoms in total. The molecule has 0 saturated heterocycles. The number of nitrogens with zero attached hydrogens (tertiary/aromatic N) is 1. The van der Waals surface area contributed by atoms with E-state index in [0.717, 1.165) is 23.7 Å². The van der Waals surface area contributed by atoms with Crippen LogP contribution in [0.4, 0.5) is 4.39 Å². The van der Waals surface area contributed by atoms with Crippen LogP contribution in [0.3, 0.4) is 0 Å². The highest BCUT2D eigenvalue weighted by Gasteiger charge is 2.30. The fourth-order valence-electron chi connectivity index (χ4n) is 4.67. The van der Waals surface area contributed by atoms with Crippen LogP contribution in [0.25, 0.3) is 0 Å². The molecule has 2 aliphatic carbocycles. The summed E-state index contributed by atoms with van der Waals surface area (Å²) < 4.78 is 12.3. The molecule has 0 unspecified atom stereocenters. The van der Waals surface area contributed by atoms with Gasteiger partial charge in [0.2, 0.25) is 0 Å². The van der Waals surface area contributed by atoms with E-state index >= 15 is 0 Å². The molecule has 0 spiro atoms. The first-order valence-corrected chi connectivity index (χ1v) is 9.07. The van der Waals surface area contributed by atoms with E-state index in [1.807, 2.05) is 12.1 Å². The van der Waals surface area contributed by atoms with Gasteiger partial charge in [0.15, 0.2) is 0 Å². The Balaban J connectivity index is 1.49. The predicted molar refractivity (Wildman–Crippen MR) is 91.6 cm³/mol. The Morgan fingerprint density at radius 2 is 1.43 bits per heavy atom. The van der Waals surface area contributed by atoms with Gasteiger partial charge >= 0.3 is 0 Å². The molecule has 2 aliphatic rings. The van der Waals surface area contributed by atoms with Crippen LogP contribution in [0.5, 0.6) is 0 Å². The van der Waals surface area contributed by atoms with Crippen LogP contribution in [0, 0.1) is 29.1 Å². The van der Waals surface area contributed by atoms with Crippen molar-refractivity contribution >= 4 is 0 Å². The van der Waals surface area contributed by atoms with Gasteiger partial charge in [-0.05, 0) is 92.7 Å². The van der Waals surface area contributed by atoms with E-state index in [4.69, 9.17) is 5.26 Å². The Morgan fingerprint density at radius 1 is 0.870 bits per heavy atom. The van der Waals surface area contributed by atoms with E-state index in [2.05, 4.69) is 18.2 Å². The van der Waals surface area contributed by atoms with Crippen molar-refractivity contribution in [1.82, 2.24) is 0 Å². The van der Waals surface area contributed by atoms with Crippen molar-refractivity contribution in [1.29, 1.82) is 5.26 Å². The molecule has 0 atom stereocenters. The minimum atomic E-state index is 0.478. The van der Waals surface area contributed by atoms with Gasteiger partial charge < -0.3 is 0 Å². The average Bonchev–Trinajstić information content (AvgIpc) is 2.63. The maximum Gasteiger partial charge on any atom is 0.0991 e. The molecule has 2 heteroatoms. The van der Waals surface area contributed by atoms with Gasteiger partial charge in [-0.3, -0.25) is 0 Å². The van der Waals surface area contributed by atoms with E-state index in [1.165, 1.54) is 56.9 Å². The predicted octanol–water partition coefficient (Wildman–Crippen LogP) is 6.12. The van der Waals surface area contributed by atoms with Gasteiger partial charge in [0.1, 0.15) is 0 Å². The number of hydrogen-bond donors (Lipinski definition) is 0. The van der Waals surface area contributed by atoms with Gasteiger partial charge in [-0.25, -0.2) is 4.39 Å². The fourth-order valence-corrected chi connectivity index (χ4v) is 4.67. The summed E-state index contributed by atoms with van der Waals surface area (Å²) in [5.41, 5.74) is 2.15. The third-order valence-electron chi connectivity index (χ3n) is 6.11. The highest BCUT2D eigenvalue weighted by molar-refractivity contribution is 5.33. The molecule has 2 saturated carbocycles. The van der Waals surface area contributed by atoms with E-state index in [-0.39, 0.29) is 0 Å². The van der Waals surface area contributed by atoms with Crippen molar-refractivity contribution in [2.75, 3.05) is 0 Å². The molecule has 1 aromatic carbocycles. The Morgan fingerprint density at radius 3 is 1.96 bits per heavy atom. The summed E-state index contributed by atoms with van der Waals surface area (Å²) in [6, 6.07) is 10.4. The molecule has 0 aromatic heterocycles. The second kappa shape index (κ2) is 7.77. The molecule has 0 amide bonds. The third kappa shape index (κ3) is 4.02. The van der Waals surface area contributed by atoms with Crippen LogP contribution in [0.2, 0.25) is 0 Å². The number of allylic oxidation sites excluding steroid dienone is 1. The minimum Gasteiger partial charge on any atom is -0.216 e. The van der Waals surface area contributed by atoms with Crippen LogP contribution in [-0.2, 0) is 0 Å². The van der Waals surface area contributed by atoms with Crippen molar-refractivity contribution in [2.45, 2.75) is 57.3 Å². The number of benzene rings is 1. The first-order valence-electron chi connectivity index (χ1n) is 9.07. The number of rotatable bonds is 3. The molecule has 1 aromatic rings. The summed E-state index contributed by atoms with van der Waals surface area (Å²) in [5, 5.41) is 8.90. The molecule has 2 fully saturated rings. The topological polar surface area (TPSA) is 23.8 Å². The Hall–Kier alpha value is -1.62. The van der Waals surface area contributed by atoms with Crippen LogP contribution in [0.1, 0.15) is 68.4 Å². The van der Waals surface area contributed by atoms with E-state index in [0.29, 0.717) is 11.8 Å². The zero-order valence-electron chi connectivity index (χ0n) is 13.8. The summed E-state index contributed by atoms with van der Waals surface area (Å²) in [7, 11) is 0. The van der Waals surface area contributed by atoms with E-state index in [1.54, 1.807) is 6.08 Å². The molecular weight excluding hydrogens is 285 g/mol. The van der Waals surface area contributed by atoms with E-state index < -0.39 is 0 Å². The zero-order chi connectivity index (χ0) is 16.1. The van der Waals surface area contributed by atoms with Crippen molar-refractivity contribution in [3.8, 4) is 6.07 Å². The summed E-state index contributed by atoms with van der Waals surface area (Å²) in [6.45, 7) is 0. The number of nitriles is 1. The van der Waals surface area contributed by atoms with Crippen LogP contribution in [0.15, 0.2) is 36.7 Å². The second-order valence-electron chi connectivity index (χ2n) is 7.34. The third-order valence-corrected chi connectivity index (χ3v) is 6.11. The smallest absolute Gasteiger partial charge is 0.0991 e. The lowest BCUT2D eigenvalue weighted by molar-refractivity contribution is 0.171. The molecule has 0 aliphatic heterocycles. The van der Waals surface area contributed by atoms with Gasteiger partial charge in [0.25, 0.3) is 0 Å². The summed E-state index contributed by atoms with van der Waals surface area (Å²) >= 11 is 0. The van der Waals surface area contributed by atoms with Gasteiger partial charge in [0, 0.05) is 0 Å². The van der Waals surface area contributed by atoms with E-state index in [9.17, 15) is 4.39 Å². The molecule has 122 valence electrons. The lowest BCUT2D eigenvalue weighted by atomic mass is 9.68. The second-order valence-corrected chi connectivity index (χ2v) is 7.34. The van der Waals surface area contributed by atoms with Crippen LogP contribution >= 0.6 is 0 Å². The fraction of sp³-hybridized carbons (Fsp3) is 0.571. The van der Waals surface area contributed by atoms with Crippen LogP contribution < -0.4 is 0 Å². The maximum absolute atomic E-state index is 12.3. The first kappa shape index (κ1) is 16.2. The Bertz CT molecular complexity index is 552. The quantitative estimate of drug-likeness (QED) is 0.659. The highest BCUT2D eigenvalue weighted by atomic mass is 19.1. The molecule has 0 radical (unpaired) electrons. The SMILES string of the molecule is N#Cc1ccc(C2CCC(C3CCC(C=CF)CC3)CC2)cc1. The summed E-state index contributed by atoms with van der Waals surface area (Å²) in [5.74, 6) is 2.89. The largest absolute Gasteiger partial charge is 0.216 e. The highest BCUT2D eigenvalue weighted by Crippen LogP contribution is 2.44. The standard InChI is InChI=1S/C21H26FN/c22-14-13-16-1-5-18(6-2-16)20-9-11-21(12-10-20)19-7-3-17(15-23)4-8-19/h3-4,7-8,13-14,16,18,20-21H,1-2,5-6,9-12H2. The van der Waals surface area contributed by atoms with Gasteiger partial charge in [-0.1, -0.05) is 18.2 Å². The van der Waals surface area contributed by atoms with Crippen molar-refractivity contribution < 1.29 is 4.39 Å². The molecule has 23 heavy (non-hydrogen) atoms. The minimum absolute atomic E-state index is 0.478. The molecule has 0 bridgehead atoms. The van der Waals surface area contributed by atoms with Gasteiger partial charge in [0.05, 0.1) is 18.0 Å². The molecular formula is C21H26FN. The zero-order valence-corrected chi connectivity index (χ0v) is 13.8. The average molecular weight is 311 g/mol. The van der Waals surface area contributed by atoms with Crippen molar-refractivity contribution in [3.05, 3.63) is 47.8 Å². The lowest BCUT2D eigenvalue weighted by Gasteiger charge is -2.37. The Labute approximate surface area is 139 Å². The monoisotopic (exact) mass is 311 g/mol. The Kier molecular flexibility index (Phi) is 5.49. The normalized spacial score (nSPS) is 31.8. The maximum atomic E-state index is 12.3. The van der Waals surface area contributed by atoms with Crippen molar-refractivity contribution in [2.24, 2.45) is 17.8 Å². The molecule has 3 rings (SSSR count). The first-order chi connectivity index (χ1) is 11.3. The molecule has 0 N–H and O–H groups in total. The summed E-state index contributed by atoms with van der Waals surface area (Å²) in [4.78, 5) is 0. The van der Waals surface area contributed by atoms with Crippen molar-refractivity contribution in [3.63, 3.8) is 0 Å². The van der Waals surface area contributed by atoms with Crippen LogP contribution in [-0.4, -0.2) is 0 Å².